The number of primary amides is 1. The van der Waals surface area contributed by atoms with Gasteiger partial charge in [-0.05, 0) is 24.0 Å². The molecule has 1 aliphatic carbocycles. The van der Waals surface area contributed by atoms with Gasteiger partial charge in [-0.1, -0.05) is 48.5 Å². The molecule has 3 heteroatoms. The number of benzene rings is 2. The summed E-state index contributed by atoms with van der Waals surface area (Å²) in [4.78, 5) is 24.0. The Morgan fingerprint density at radius 2 is 1.75 bits per heavy atom. The molecule has 2 aromatic carbocycles. The smallest absolute Gasteiger partial charge is 0.224 e. The fraction of sp³-hybridized carbons (Fsp3) is 0.176. The second-order valence-corrected chi connectivity index (χ2v) is 5.06. The van der Waals surface area contributed by atoms with Crippen LogP contribution in [0, 0.1) is 0 Å². The molecule has 3 nitrogen and oxygen atoms in total. The van der Waals surface area contributed by atoms with Crippen LogP contribution in [0.4, 0.5) is 0 Å². The number of carbonyl (C=O) groups is 2. The van der Waals surface area contributed by atoms with E-state index in [1.807, 2.05) is 48.5 Å². The van der Waals surface area contributed by atoms with Crippen LogP contribution in [0.25, 0.3) is 0 Å². The van der Waals surface area contributed by atoms with Crippen molar-refractivity contribution in [1.82, 2.24) is 0 Å². The summed E-state index contributed by atoms with van der Waals surface area (Å²) in [5.41, 5.74) is 8.68. The van der Waals surface area contributed by atoms with Crippen LogP contribution in [-0.2, 0) is 11.2 Å². The normalized spacial score (nSPS) is 16.7. The molecular formula is C17H15NO2. The number of amides is 1. The zero-order valence-electron chi connectivity index (χ0n) is 11.0. The van der Waals surface area contributed by atoms with E-state index in [0.717, 1.165) is 17.5 Å². The Hall–Kier alpha value is -2.42. The molecule has 1 aliphatic rings. The molecule has 0 bridgehead atoms. The molecule has 0 radical (unpaired) electrons. The Morgan fingerprint density at radius 1 is 1.00 bits per heavy atom. The van der Waals surface area contributed by atoms with Crippen molar-refractivity contribution in [1.29, 1.82) is 0 Å². The minimum absolute atomic E-state index is 0.00701. The molecule has 1 unspecified atom stereocenters. The maximum Gasteiger partial charge on any atom is 0.224 e. The third kappa shape index (κ3) is 2.01. The third-order valence-corrected chi connectivity index (χ3v) is 3.89. The predicted octanol–water partition coefficient (Wildman–Crippen LogP) is 2.43. The summed E-state index contributed by atoms with van der Waals surface area (Å²) in [5.74, 6) is -0.561. The number of hydrogen-bond acceptors (Lipinski definition) is 2. The van der Waals surface area contributed by atoms with Crippen molar-refractivity contribution in [2.45, 2.75) is 18.8 Å². The zero-order valence-corrected chi connectivity index (χ0v) is 11.0. The first-order valence-corrected chi connectivity index (χ1v) is 6.69. The molecule has 3 rings (SSSR count). The van der Waals surface area contributed by atoms with Crippen molar-refractivity contribution >= 4 is 11.7 Å². The van der Waals surface area contributed by atoms with E-state index in [2.05, 4.69) is 0 Å². The van der Waals surface area contributed by atoms with E-state index < -0.39 is 0 Å². The van der Waals surface area contributed by atoms with Gasteiger partial charge in [0.15, 0.2) is 5.78 Å². The molecule has 1 amide bonds. The Labute approximate surface area is 117 Å². The first kappa shape index (κ1) is 12.6. The van der Waals surface area contributed by atoms with Crippen molar-refractivity contribution in [2.75, 3.05) is 0 Å². The maximum atomic E-state index is 12.6. The highest BCUT2D eigenvalue weighted by Crippen LogP contribution is 2.35. The van der Waals surface area contributed by atoms with E-state index in [4.69, 9.17) is 5.73 Å². The third-order valence-electron chi connectivity index (χ3n) is 3.89. The first-order chi connectivity index (χ1) is 9.68. The van der Waals surface area contributed by atoms with Gasteiger partial charge in [-0.25, -0.2) is 0 Å². The summed E-state index contributed by atoms with van der Waals surface area (Å²) in [7, 11) is 0. The summed E-state index contributed by atoms with van der Waals surface area (Å²) < 4.78 is 0. The average Bonchev–Trinajstić information content (AvgIpc) is 2.91. The zero-order chi connectivity index (χ0) is 14.1. The van der Waals surface area contributed by atoms with E-state index in [9.17, 15) is 9.59 Å². The highest BCUT2D eigenvalue weighted by molar-refractivity contribution is 6.10. The molecule has 0 saturated carbocycles. The van der Waals surface area contributed by atoms with E-state index in [1.165, 1.54) is 0 Å². The molecule has 1 atom stereocenters. The lowest BCUT2D eigenvalue weighted by atomic mass is 9.94. The van der Waals surface area contributed by atoms with Crippen LogP contribution in [0.15, 0.2) is 48.5 Å². The van der Waals surface area contributed by atoms with Crippen molar-refractivity contribution in [3.8, 4) is 0 Å². The number of ketones is 1. The van der Waals surface area contributed by atoms with Crippen molar-refractivity contribution in [2.24, 2.45) is 5.73 Å². The SMILES string of the molecule is NC(=O)C1CCc2c(C(=O)c3ccccc3)cccc21. The number of hydrogen-bond donors (Lipinski definition) is 1. The van der Waals surface area contributed by atoms with Gasteiger partial charge in [-0.2, -0.15) is 0 Å². The summed E-state index contributed by atoms with van der Waals surface area (Å²) in [5, 5.41) is 0. The van der Waals surface area contributed by atoms with E-state index in [-0.39, 0.29) is 17.6 Å². The Kier molecular flexibility index (Phi) is 3.11. The summed E-state index contributed by atoms with van der Waals surface area (Å²) in [6, 6.07) is 14.8. The van der Waals surface area contributed by atoms with Gasteiger partial charge in [0.05, 0.1) is 5.92 Å². The van der Waals surface area contributed by atoms with Gasteiger partial charge in [0.2, 0.25) is 5.91 Å². The molecule has 0 fully saturated rings. The van der Waals surface area contributed by atoms with Crippen molar-refractivity contribution in [3.05, 3.63) is 70.8 Å². The monoisotopic (exact) mass is 265 g/mol. The van der Waals surface area contributed by atoms with Crippen LogP contribution in [0.3, 0.4) is 0 Å². The Morgan fingerprint density at radius 3 is 2.45 bits per heavy atom. The lowest BCUT2D eigenvalue weighted by molar-refractivity contribution is -0.119. The van der Waals surface area contributed by atoms with Gasteiger partial charge in [0.1, 0.15) is 0 Å². The standard InChI is InChI=1S/C17H15NO2/c18-17(20)15-10-9-13-12(15)7-4-8-14(13)16(19)11-5-2-1-3-6-11/h1-8,15H,9-10H2,(H2,18,20). The topological polar surface area (TPSA) is 60.2 Å². The fourth-order valence-electron chi connectivity index (χ4n) is 2.91. The van der Waals surface area contributed by atoms with Gasteiger partial charge in [0.25, 0.3) is 0 Å². The van der Waals surface area contributed by atoms with Crippen LogP contribution < -0.4 is 5.73 Å². The molecule has 2 N–H and O–H groups in total. The molecule has 0 heterocycles. The molecule has 0 aliphatic heterocycles. The van der Waals surface area contributed by atoms with Gasteiger partial charge in [0, 0.05) is 11.1 Å². The van der Waals surface area contributed by atoms with E-state index >= 15 is 0 Å². The summed E-state index contributed by atoms with van der Waals surface area (Å²) in [6.45, 7) is 0. The van der Waals surface area contributed by atoms with Gasteiger partial charge in [-0.15, -0.1) is 0 Å². The maximum absolute atomic E-state index is 12.6. The van der Waals surface area contributed by atoms with E-state index in [0.29, 0.717) is 17.5 Å². The minimum atomic E-state index is -0.312. The minimum Gasteiger partial charge on any atom is -0.369 e. The van der Waals surface area contributed by atoms with Crippen LogP contribution in [0.1, 0.15) is 39.4 Å². The lowest BCUT2D eigenvalue weighted by Crippen LogP contribution is -2.19. The molecule has 2 aromatic rings. The molecule has 0 saturated heterocycles. The predicted molar refractivity (Wildman–Crippen MR) is 76.6 cm³/mol. The molecule has 0 spiro atoms. The first-order valence-electron chi connectivity index (χ1n) is 6.69. The highest BCUT2D eigenvalue weighted by Gasteiger charge is 2.29. The van der Waals surface area contributed by atoms with Crippen molar-refractivity contribution in [3.63, 3.8) is 0 Å². The second kappa shape index (κ2) is 4.93. The second-order valence-electron chi connectivity index (χ2n) is 5.06. The number of rotatable bonds is 3. The lowest BCUT2D eigenvalue weighted by Gasteiger charge is -2.10. The number of nitrogens with two attached hydrogens (primary N) is 1. The Balaban J connectivity index is 2.05. The number of fused-ring (bicyclic) bond motifs is 1. The fourth-order valence-corrected chi connectivity index (χ4v) is 2.91. The van der Waals surface area contributed by atoms with Crippen molar-refractivity contribution < 1.29 is 9.59 Å². The van der Waals surface area contributed by atoms with Gasteiger partial charge < -0.3 is 5.73 Å². The quantitative estimate of drug-likeness (QED) is 0.866. The average molecular weight is 265 g/mol. The van der Waals surface area contributed by atoms with Gasteiger partial charge >= 0.3 is 0 Å². The molecule has 0 aromatic heterocycles. The molecular weight excluding hydrogens is 250 g/mol. The summed E-state index contributed by atoms with van der Waals surface area (Å²) >= 11 is 0. The van der Waals surface area contributed by atoms with E-state index in [1.54, 1.807) is 0 Å². The van der Waals surface area contributed by atoms with Gasteiger partial charge in [-0.3, -0.25) is 9.59 Å². The molecule has 20 heavy (non-hydrogen) atoms. The number of carbonyl (C=O) groups excluding carboxylic acids is 2. The van der Waals surface area contributed by atoms with Crippen LogP contribution in [0.2, 0.25) is 0 Å². The highest BCUT2D eigenvalue weighted by atomic mass is 16.1. The largest absolute Gasteiger partial charge is 0.369 e. The van der Waals surface area contributed by atoms with Crippen LogP contribution >= 0.6 is 0 Å². The Bertz CT molecular complexity index is 677. The van der Waals surface area contributed by atoms with Crippen LogP contribution in [-0.4, -0.2) is 11.7 Å². The summed E-state index contributed by atoms with van der Waals surface area (Å²) in [6.07, 6.45) is 1.43. The van der Waals surface area contributed by atoms with Crippen LogP contribution in [0.5, 0.6) is 0 Å². The molecule has 100 valence electrons.